The molecule has 5 heteroatoms. The number of piperidine rings is 2. The number of primary amides is 1. The molecule has 0 aromatic carbocycles. The second kappa shape index (κ2) is 5.07. The van der Waals surface area contributed by atoms with Crippen molar-refractivity contribution in [1.82, 2.24) is 14.3 Å². The minimum atomic E-state index is -0.156. The number of carbonyl (C=O) groups is 1. The van der Waals surface area contributed by atoms with Crippen molar-refractivity contribution >= 4 is 11.4 Å². The largest absolute Gasteiger partial charge is 0.369 e. The molecule has 2 aliphatic heterocycles. The van der Waals surface area contributed by atoms with Gasteiger partial charge in [0.05, 0.1) is 16.7 Å². The van der Waals surface area contributed by atoms with Gasteiger partial charge in [0.1, 0.15) is 5.82 Å². The first-order chi connectivity index (χ1) is 12.0. The third kappa shape index (κ3) is 2.18. The van der Waals surface area contributed by atoms with E-state index >= 15 is 0 Å². The van der Waals surface area contributed by atoms with Crippen LogP contribution in [0.5, 0.6) is 0 Å². The summed E-state index contributed by atoms with van der Waals surface area (Å²) >= 11 is 0. The molecule has 5 nitrogen and oxygen atoms in total. The van der Waals surface area contributed by atoms with Crippen molar-refractivity contribution in [2.24, 2.45) is 23.5 Å². The average Bonchev–Trinajstić information content (AvgIpc) is 3.34. The molecule has 2 bridgehead atoms. The van der Waals surface area contributed by atoms with E-state index in [1.165, 1.54) is 24.1 Å². The molecule has 2 aromatic rings. The van der Waals surface area contributed by atoms with E-state index < -0.39 is 0 Å². The summed E-state index contributed by atoms with van der Waals surface area (Å²) in [4.78, 5) is 19.3. The van der Waals surface area contributed by atoms with Crippen molar-refractivity contribution < 1.29 is 4.79 Å². The first-order valence-corrected chi connectivity index (χ1v) is 9.48. The molecule has 2 N–H and O–H groups in total. The maximum atomic E-state index is 11.7. The van der Waals surface area contributed by atoms with Crippen LogP contribution in [-0.2, 0) is 10.3 Å². The van der Waals surface area contributed by atoms with E-state index in [0.29, 0.717) is 17.8 Å². The van der Waals surface area contributed by atoms with Gasteiger partial charge in [0, 0.05) is 31.1 Å². The molecule has 6 rings (SSSR count). The predicted molar refractivity (Wildman–Crippen MR) is 96.0 cm³/mol. The lowest BCUT2D eigenvalue weighted by molar-refractivity contribution is -0.143. The fourth-order valence-corrected chi connectivity index (χ4v) is 5.10. The number of nitrogens with two attached hydrogens (primary N) is 1. The number of hydrogen-bond acceptors (Lipinski definition) is 3. The first-order valence-electron chi connectivity index (χ1n) is 9.48. The van der Waals surface area contributed by atoms with Gasteiger partial charge in [-0.05, 0) is 57.1 Å². The number of fused-ring (bicyclic) bond motifs is 3. The molecule has 4 fully saturated rings. The summed E-state index contributed by atoms with van der Waals surface area (Å²) in [6.07, 6.45) is 5.81. The highest BCUT2D eigenvalue weighted by molar-refractivity contribution is 5.78. The van der Waals surface area contributed by atoms with Crippen LogP contribution in [0.2, 0.25) is 0 Å². The van der Waals surface area contributed by atoms with Gasteiger partial charge in [-0.25, -0.2) is 4.98 Å². The summed E-state index contributed by atoms with van der Waals surface area (Å²) in [5.41, 5.74) is 7.96. The summed E-state index contributed by atoms with van der Waals surface area (Å²) < 4.78 is 2.28. The second-order valence-corrected chi connectivity index (χ2v) is 8.70. The van der Waals surface area contributed by atoms with Crippen molar-refractivity contribution in [2.45, 2.75) is 44.6 Å². The molecule has 2 aromatic heterocycles. The summed E-state index contributed by atoms with van der Waals surface area (Å²) in [6, 6.07) is 6.38. The molecular weight excluding hydrogens is 312 g/mol. The van der Waals surface area contributed by atoms with Gasteiger partial charge in [-0.1, -0.05) is 6.07 Å². The highest BCUT2D eigenvalue weighted by atomic mass is 16.1. The van der Waals surface area contributed by atoms with Crippen LogP contribution < -0.4 is 5.73 Å². The van der Waals surface area contributed by atoms with Crippen LogP contribution in [0, 0.1) is 17.8 Å². The highest BCUT2D eigenvalue weighted by Gasteiger charge is 2.52. The van der Waals surface area contributed by atoms with Crippen molar-refractivity contribution in [3.05, 3.63) is 35.9 Å². The standard InChI is InChI=1S/C20H26N4O/c1-20(2,23-10-13-9-14(11-23)16(13)18(21)25)19-22-17(12-6-7-12)15-5-3-4-8-24(15)19/h3-5,8,12-14,16H,6-7,9-11H2,1-2H3,(H2,21,25). The van der Waals surface area contributed by atoms with Crippen molar-refractivity contribution in [1.29, 1.82) is 0 Å². The van der Waals surface area contributed by atoms with E-state index in [1.807, 2.05) is 0 Å². The maximum absolute atomic E-state index is 11.7. The lowest BCUT2D eigenvalue weighted by Gasteiger charge is -2.56. The maximum Gasteiger partial charge on any atom is 0.221 e. The molecule has 25 heavy (non-hydrogen) atoms. The fourth-order valence-electron chi connectivity index (χ4n) is 5.10. The molecule has 2 saturated carbocycles. The first kappa shape index (κ1) is 15.4. The zero-order valence-electron chi connectivity index (χ0n) is 15.0. The Hall–Kier alpha value is -1.88. The molecule has 2 aliphatic carbocycles. The third-order valence-corrected chi connectivity index (χ3v) is 6.74. The van der Waals surface area contributed by atoms with Crippen molar-refractivity contribution in [2.75, 3.05) is 13.1 Å². The molecule has 2 unspecified atom stereocenters. The Bertz CT molecular complexity index is 838. The van der Waals surface area contributed by atoms with Crippen LogP contribution in [0.25, 0.3) is 5.52 Å². The second-order valence-electron chi connectivity index (χ2n) is 8.70. The zero-order chi connectivity index (χ0) is 17.3. The van der Waals surface area contributed by atoms with Crippen LogP contribution in [-0.4, -0.2) is 33.3 Å². The smallest absolute Gasteiger partial charge is 0.221 e. The minimum absolute atomic E-state index is 0.0890. The van der Waals surface area contributed by atoms with Crippen LogP contribution in [0.3, 0.4) is 0 Å². The Morgan fingerprint density at radius 1 is 1.24 bits per heavy atom. The van der Waals surface area contributed by atoms with Crippen LogP contribution in [0.1, 0.15) is 50.5 Å². The SMILES string of the molecule is CC(C)(c1nc(C2CC2)c2ccccn12)N1CC2CC(C1)C2C(N)=O. The van der Waals surface area contributed by atoms with E-state index in [2.05, 4.69) is 47.5 Å². The molecular formula is C20H26N4O. The van der Waals surface area contributed by atoms with Crippen LogP contribution >= 0.6 is 0 Å². The normalized spacial score (nSPS) is 29.6. The topological polar surface area (TPSA) is 63.6 Å². The van der Waals surface area contributed by atoms with Gasteiger partial charge in [0.25, 0.3) is 0 Å². The van der Waals surface area contributed by atoms with E-state index in [0.717, 1.165) is 25.3 Å². The number of hydrogen-bond donors (Lipinski definition) is 1. The van der Waals surface area contributed by atoms with Gasteiger partial charge >= 0.3 is 0 Å². The lowest BCUT2D eigenvalue weighted by atomic mass is 9.60. The summed E-state index contributed by atoms with van der Waals surface area (Å²) in [6.45, 7) is 6.43. The van der Waals surface area contributed by atoms with Crippen LogP contribution in [0.4, 0.5) is 0 Å². The molecule has 0 radical (unpaired) electrons. The fraction of sp³-hybridized carbons (Fsp3) is 0.600. The number of amides is 1. The number of pyridine rings is 1. The van der Waals surface area contributed by atoms with Gasteiger partial charge in [-0.15, -0.1) is 0 Å². The van der Waals surface area contributed by atoms with Crippen molar-refractivity contribution in [3.8, 4) is 0 Å². The van der Waals surface area contributed by atoms with Crippen LogP contribution in [0.15, 0.2) is 24.4 Å². The monoisotopic (exact) mass is 338 g/mol. The Morgan fingerprint density at radius 2 is 1.96 bits per heavy atom. The Balaban J connectivity index is 1.51. The predicted octanol–water partition coefficient (Wildman–Crippen LogP) is 2.50. The molecule has 1 amide bonds. The van der Waals surface area contributed by atoms with Gasteiger partial charge in [0.2, 0.25) is 5.91 Å². The zero-order valence-corrected chi connectivity index (χ0v) is 15.0. The van der Waals surface area contributed by atoms with E-state index in [-0.39, 0.29) is 17.4 Å². The number of aromatic nitrogens is 2. The minimum Gasteiger partial charge on any atom is -0.369 e. The van der Waals surface area contributed by atoms with E-state index in [9.17, 15) is 4.79 Å². The molecule has 0 spiro atoms. The number of rotatable bonds is 4. The number of nitrogens with zero attached hydrogens (tertiary/aromatic N) is 3. The Labute approximate surface area is 148 Å². The average molecular weight is 338 g/mol. The van der Waals surface area contributed by atoms with Gasteiger partial charge in [-0.2, -0.15) is 0 Å². The summed E-state index contributed by atoms with van der Waals surface area (Å²) in [5.74, 6) is 2.58. The number of imidazole rings is 1. The highest BCUT2D eigenvalue weighted by Crippen LogP contribution is 2.49. The van der Waals surface area contributed by atoms with Gasteiger partial charge in [-0.3, -0.25) is 9.69 Å². The third-order valence-electron chi connectivity index (χ3n) is 6.74. The van der Waals surface area contributed by atoms with Gasteiger partial charge in [0.15, 0.2) is 0 Å². The Kier molecular flexibility index (Phi) is 3.12. The Morgan fingerprint density at radius 3 is 2.60 bits per heavy atom. The van der Waals surface area contributed by atoms with E-state index in [4.69, 9.17) is 10.7 Å². The molecule has 4 heterocycles. The molecule has 132 valence electrons. The lowest BCUT2D eigenvalue weighted by Crippen LogP contribution is -2.62. The van der Waals surface area contributed by atoms with Gasteiger partial charge < -0.3 is 10.1 Å². The van der Waals surface area contributed by atoms with E-state index in [1.54, 1.807) is 0 Å². The molecule has 2 saturated heterocycles. The summed E-state index contributed by atoms with van der Waals surface area (Å²) in [7, 11) is 0. The quantitative estimate of drug-likeness (QED) is 0.931. The molecule has 2 atom stereocenters. The van der Waals surface area contributed by atoms with Crippen molar-refractivity contribution in [3.63, 3.8) is 0 Å². The number of carbonyl (C=O) groups excluding carboxylic acids is 1. The summed E-state index contributed by atoms with van der Waals surface area (Å²) in [5, 5.41) is 0. The molecule has 4 aliphatic rings.